The van der Waals surface area contributed by atoms with Crippen LogP contribution in [0.3, 0.4) is 0 Å². The average Bonchev–Trinajstić information content (AvgIpc) is 2.65. The van der Waals surface area contributed by atoms with E-state index < -0.39 is 0 Å². The minimum atomic E-state index is -0.197. The number of hydrogen-bond donors (Lipinski definition) is 1. The van der Waals surface area contributed by atoms with Crippen LogP contribution in [0.1, 0.15) is 19.3 Å². The molecule has 7 heteroatoms. The summed E-state index contributed by atoms with van der Waals surface area (Å²) in [5.41, 5.74) is 5.19. The summed E-state index contributed by atoms with van der Waals surface area (Å²) in [7, 11) is 0. The highest BCUT2D eigenvalue weighted by Crippen LogP contribution is 2.28. The van der Waals surface area contributed by atoms with Crippen molar-refractivity contribution in [2.45, 2.75) is 19.3 Å². The fourth-order valence-electron chi connectivity index (χ4n) is 1.94. The molecule has 1 aromatic heterocycles. The van der Waals surface area contributed by atoms with E-state index in [1.807, 2.05) is 0 Å². The number of rotatable bonds is 3. The van der Waals surface area contributed by atoms with Gasteiger partial charge in [-0.3, -0.25) is 4.79 Å². The molecule has 0 aliphatic carbocycles. The summed E-state index contributed by atoms with van der Waals surface area (Å²) in [5, 5.41) is 8.96. The quantitative estimate of drug-likeness (QED) is 0.916. The largest absolute Gasteiger partial charge is 0.370 e. The first kappa shape index (κ1) is 11.8. The molecule has 0 aromatic carbocycles. The monoisotopic (exact) mass is 304 g/mol. The average molecular weight is 305 g/mol. The molecule has 2 heterocycles. The van der Waals surface area contributed by atoms with Crippen LogP contribution in [-0.4, -0.2) is 29.2 Å². The standard InChI is InChI=1S/C9H13BrN4OS/c10-8-12-13-9(16-8)14-3-1-6(2-4-14)5-7(11)15/h6H,1-5H2,(H2,11,15). The number of carbonyl (C=O) groups excluding carboxylic acids is 1. The molecule has 88 valence electrons. The lowest BCUT2D eigenvalue weighted by Gasteiger charge is -2.30. The summed E-state index contributed by atoms with van der Waals surface area (Å²) >= 11 is 4.84. The molecule has 0 saturated carbocycles. The molecular weight excluding hydrogens is 292 g/mol. The normalized spacial score (nSPS) is 17.7. The van der Waals surface area contributed by atoms with E-state index in [1.165, 1.54) is 11.3 Å². The van der Waals surface area contributed by atoms with Gasteiger partial charge in [-0.1, -0.05) is 11.3 Å². The lowest BCUT2D eigenvalue weighted by molar-refractivity contribution is -0.119. The van der Waals surface area contributed by atoms with Crippen LogP contribution in [0.4, 0.5) is 5.13 Å². The second-order valence-corrected chi connectivity index (χ2v) is 6.17. The zero-order valence-electron chi connectivity index (χ0n) is 8.73. The third-order valence-corrected chi connectivity index (χ3v) is 4.18. The Labute approximate surface area is 106 Å². The van der Waals surface area contributed by atoms with Crippen LogP contribution in [0.5, 0.6) is 0 Å². The Kier molecular flexibility index (Phi) is 3.75. The van der Waals surface area contributed by atoms with Gasteiger partial charge in [0.05, 0.1) is 0 Å². The van der Waals surface area contributed by atoms with Crippen molar-refractivity contribution in [1.82, 2.24) is 10.2 Å². The van der Waals surface area contributed by atoms with E-state index in [4.69, 9.17) is 5.73 Å². The van der Waals surface area contributed by atoms with Gasteiger partial charge >= 0.3 is 0 Å². The number of nitrogens with zero attached hydrogens (tertiary/aromatic N) is 3. The molecule has 1 aliphatic heterocycles. The number of nitrogens with two attached hydrogens (primary N) is 1. The first-order chi connectivity index (χ1) is 7.65. The first-order valence-corrected chi connectivity index (χ1v) is 6.78. The van der Waals surface area contributed by atoms with Gasteiger partial charge in [0.25, 0.3) is 0 Å². The molecule has 2 N–H and O–H groups in total. The summed E-state index contributed by atoms with van der Waals surface area (Å²) in [6.45, 7) is 1.86. The van der Waals surface area contributed by atoms with Crippen LogP contribution in [0.2, 0.25) is 0 Å². The number of anilines is 1. The Morgan fingerprint density at radius 2 is 2.19 bits per heavy atom. The smallest absolute Gasteiger partial charge is 0.217 e. The van der Waals surface area contributed by atoms with Gasteiger partial charge < -0.3 is 10.6 Å². The fraction of sp³-hybridized carbons (Fsp3) is 0.667. The Bertz CT molecular complexity index is 375. The maximum absolute atomic E-state index is 10.8. The van der Waals surface area contributed by atoms with Gasteiger partial charge in [0.1, 0.15) is 0 Å². The van der Waals surface area contributed by atoms with E-state index in [2.05, 4.69) is 31.0 Å². The number of primary amides is 1. The summed E-state index contributed by atoms with van der Waals surface area (Å²) in [6.07, 6.45) is 2.51. The molecule has 1 aromatic rings. The van der Waals surface area contributed by atoms with Gasteiger partial charge in [-0.05, 0) is 34.7 Å². The molecule has 0 spiro atoms. The molecule has 0 atom stereocenters. The van der Waals surface area contributed by atoms with Crippen molar-refractivity contribution in [2.75, 3.05) is 18.0 Å². The van der Waals surface area contributed by atoms with Crippen LogP contribution in [0, 0.1) is 5.92 Å². The zero-order chi connectivity index (χ0) is 11.5. The van der Waals surface area contributed by atoms with Crippen LogP contribution in [-0.2, 0) is 4.79 Å². The predicted octanol–water partition coefficient (Wildman–Crippen LogP) is 1.39. The highest BCUT2D eigenvalue weighted by molar-refractivity contribution is 9.11. The highest BCUT2D eigenvalue weighted by atomic mass is 79.9. The van der Waals surface area contributed by atoms with Crippen LogP contribution in [0.15, 0.2) is 3.92 Å². The number of aromatic nitrogens is 2. The van der Waals surface area contributed by atoms with E-state index >= 15 is 0 Å². The third kappa shape index (κ3) is 2.91. The van der Waals surface area contributed by atoms with Crippen molar-refractivity contribution in [3.8, 4) is 0 Å². The minimum absolute atomic E-state index is 0.197. The van der Waals surface area contributed by atoms with Crippen molar-refractivity contribution in [2.24, 2.45) is 11.7 Å². The topological polar surface area (TPSA) is 72.1 Å². The van der Waals surface area contributed by atoms with Crippen molar-refractivity contribution >= 4 is 38.3 Å². The van der Waals surface area contributed by atoms with Crippen molar-refractivity contribution in [3.05, 3.63) is 3.92 Å². The summed E-state index contributed by atoms with van der Waals surface area (Å²) in [4.78, 5) is 13.0. The number of piperidine rings is 1. The minimum Gasteiger partial charge on any atom is -0.370 e. The summed E-state index contributed by atoms with van der Waals surface area (Å²) in [5.74, 6) is 0.238. The number of amides is 1. The molecule has 16 heavy (non-hydrogen) atoms. The Balaban J connectivity index is 1.87. The van der Waals surface area contributed by atoms with Crippen LogP contribution >= 0.6 is 27.3 Å². The van der Waals surface area contributed by atoms with Gasteiger partial charge in [0, 0.05) is 19.5 Å². The lowest BCUT2D eigenvalue weighted by Crippen LogP contribution is -2.35. The second-order valence-electron chi connectivity index (χ2n) is 3.94. The molecule has 0 unspecified atom stereocenters. The van der Waals surface area contributed by atoms with Crippen molar-refractivity contribution in [3.63, 3.8) is 0 Å². The molecule has 1 saturated heterocycles. The predicted molar refractivity (Wildman–Crippen MR) is 66.4 cm³/mol. The SMILES string of the molecule is NC(=O)CC1CCN(c2nnc(Br)s2)CC1. The number of halogens is 1. The van der Waals surface area contributed by atoms with Crippen LogP contribution in [0.25, 0.3) is 0 Å². The Morgan fingerprint density at radius 1 is 1.50 bits per heavy atom. The van der Waals surface area contributed by atoms with Gasteiger partial charge in [0.2, 0.25) is 11.0 Å². The molecule has 2 rings (SSSR count). The molecule has 1 amide bonds. The fourth-order valence-corrected chi connectivity index (χ4v) is 3.08. The molecule has 1 fully saturated rings. The maximum atomic E-state index is 10.8. The molecule has 5 nitrogen and oxygen atoms in total. The molecular formula is C9H13BrN4OS. The zero-order valence-corrected chi connectivity index (χ0v) is 11.1. The molecule has 0 radical (unpaired) electrons. The Hall–Kier alpha value is -0.690. The van der Waals surface area contributed by atoms with Crippen molar-refractivity contribution < 1.29 is 4.79 Å². The summed E-state index contributed by atoms with van der Waals surface area (Å²) in [6, 6.07) is 0. The van der Waals surface area contributed by atoms with Gasteiger partial charge in [0.15, 0.2) is 3.92 Å². The van der Waals surface area contributed by atoms with Crippen molar-refractivity contribution in [1.29, 1.82) is 0 Å². The van der Waals surface area contributed by atoms with E-state index in [-0.39, 0.29) is 5.91 Å². The maximum Gasteiger partial charge on any atom is 0.217 e. The third-order valence-electron chi connectivity index (χ3n) is 2.76. The molecule has 1 aliphatic rings. The van der Waals surface area contributed by atoms with E-state index in [1.54, 1.807) is 0 Å². The van der Waals surface area contributed by atoms with E-state index in [9.17, 15) is 4.79 Å². The number of hydrogen-bond acceptors (Lipinski definition) is 5. The van der Waals surface area contributed by atoms with Gasteiger partial charge in [-0.15, -0.1) is 10.2 Å². The van der Waals surface area contributed by atoms with Crippen LogP contribution < -0.4 is 10.6 Å². The van der Waals surface area contributed by atoms with E-state index in [0.717, 1.165) is 35.0 Å². The van der Waals surface area contributed by atoms with E-state index in [0.29, 0.717) is 12.3 Å². The van der Waals surface area contributed by atoms with Gasteiger partial charge in [-0.25, -0.2) is 0 Å². The summed E-state index contributed by atoms with van der Waals surface area (Å²) < 4.78 is 0.807. The Morgan fingerprint density at radius 3 is 2.69 bits per heavy atom. The second kappa shape index (κ2) is 5.09. The van der Waals surface area contributed by atoms with Gasteiger partial charge in [-0.2, -0.15) is 0 Å². The number of carbonyl (C=O) groups is 1. The highest BCUT2D eigenvalue weighted by Gasteiger charge is 2.22. The first-order valence-electron chi connectivity index (χ1n) is 5.17. The molecule has 0 bridgehead atoms. The lowest BCUT2D eigenvalue weighted by atomic mass is 9.94.